The van der Waals surface area contributed by atoms with Crippen molar-refractivity contribution in [3.05, 3.63) is 77.1 Å². The van der Waals surface area contributed by atoms with Crippen LogP contribution in [-0.2, 0) is 11.2 Å². The molecular weight excluding hydrogens is 350 g/mol. The zero-order valence-corrected chi connectivity index (χ0v) is 16.9. The molecule has 0 spiro atoms. The van der Waals surface area contributed by atoms with Gasteiger partial charge in [-0.2, -0.15) is 5.10 Å². The lowest BCUT2D eigenvalue weighted by Crippen LogP contribution is -2.27. The molecule has 0 saturated carbocycles. The predicted molar refractivity (Wildman–Crippen MR) is 111 cm³/mol. The second kappa shape index (κ2) is 8.74. The Kier molecular flexibility index (Phi) is 6.14. The van der Waals surface area contributed by atoms with Gasteiger partial charge >= 0.3 is 0 Å². The first-order chi connectivity index (χ1) is 13.5. The fourth-order valence-electron chi connectivity index (χ4n) is 3.44. The topological polar surface area (TPSA) is 56.1 Å². The fraction of sp³-hybridized carbons (Fsp3) is 0.304. The molecule has 0 radical (unpaired) electrons. The van der Waals surface area contributed by atoms with Gasteiger partial charge in [-0.1, -0.05) is 36.4 Å². The summed E-state index contributed by atoms with van der Waals surface area (Å²) in [4.78, 5) is 12.5. The Bertz CT molecular complexity index is 962. The fourth-order valence-corrected chi connectivity index (χ4v) is 3.44. The molecule has 1 aromatic heterocycles. The average Bonchev–Trinajstić information content (AvgIpc) is 3.08. The van der Waals surface area contributed by atoms with Crippen molar-refractivity contribution in [3.63, 3.8) is 0 Å². The van der Waals surface area contributed by atoms with Gasteiger partial charge in [0, 0.05) is 17.7 Å². The van der Waals surface area contributed by atoms with Crippen molar-refractivity contribution in [2.45, 2.75) is 39.7 Å². The van der Waals surface area contributed by atoms with Crippen LogP contribution in [-0.4, -0.2) is 22.8 Å². The highest BCUT2D eigenvalue weighted by atomic mass is 16.5. The van der Waals surface area contributed by atoms with Crippen molar-refractivity contribution in [2.24, 2.45) is 0 Å². The van der Waals surface area contributed by atoms with E-state index in [0.717, 1.165) is 33.8 Å². The van der Waals surface area contributed by atoms with Gasteiger partial charge in [-0.25, -0.2) is 4.68 Å². The Morgan fingerprint density at radius 1 is 1.14 bits per heavy atom. The molecule has 0 bridgehead atoms. The van der Waals surface area contributed by atoms with E-state index in [1.807, 2.05) is 61.1 Å². The summed E-state index contributed by atoms with van der Waals surface area (Å²) in [5, 5.41) is 7.63. The lowest BCUT2D eigenvalue weighted by Gasteiger charge is -2.15. The molecule has 0 fully saturated rings. The van der Waals surface area contributed by atoms with Crippen LogP contribution < -0.4 is 10.1 Å². The Morgan fingerprint density at radius 3 is 2.61 bits per heavy atom. The zero-order valence-electron chi connectivity index (χ0n) is 16.9. The molecule has 0 aliphatic rings. The largest absolute Gasteiger partial charge is 0.496 e. The van der Waals surface area contributed by atoms with Crippen LogP contribution in [0.2, 0.25) is 0 Å². The van der Waals surface area contributed by atoms with Crippen LogP contribution in [0.15, 0.2) is 54.7 Å². The predicted octanol–water partition coefficient (Wildman–Crippen LogP) is 4.31. The molecule has 0 aliphatic carbocycles. The van der Waals surface area contributed by atoms with E-state index in [1.165, 1.54) is 0 Å². The Morgan fingerprint density at radius 2 is 1.86 bits per heavy atom. The van der Waals surface area contributed by atoms with Crippen LogP contribution >= 0.6 is 0 Å². The average molecular weight is 377 g/mol. The molecule has 1 atom stereocenters. The zero-order chi connectivity index (χ0) is 20.1. The molecule has 28 heavy (non-hydrogen) atoms. The highest BCUT2D eigenvalue weighted by Gasteiger charge is 2.17. The molecule has 5 nitrogen and oxygen atoms in total. The minimum atomic E-state index is -0.108. The molecule has 3 rings (SSSR count). The highest BCUT2D eigenvalue weighted by Crippen LogP contribution is 2.23. The van der Waals surface area contributed by atoms with Crippen LogP contribution in [0.3, 0.4) is 0 Å². The van der Waals surface area contributed by atoms with E-state index in [4.69, 9.17) is 4.74 Å². The number of carbonyl (C=O) groups excluding carboxylic acids is 1. The minimum absolute atomic E-state index is 0.0152. The Hall–Kier alpha value is -3.08. The van der Waals surface area contributed by atoms with Gasteiger partial charge < -0.3 is 10.1 Å². The Labute approximate surface area is 166 Å². The number of carbonyl (C=O) groups is 1. The molecule has 0 aliphatic heterocycles. The number of hydrogen-bond donors (Lipinski definition) is 1. The SMILES string of the molecule is COc1ccccc1CCC(=O)N[C@H](C)c1cnn(-c2ccccc2C)c1C. The normalized spacial score (nSPS) is 11.9. The van der Waals surface area contributed by atoms with Crippen LogP contribution in [0.1, 0.15) is 41.8 Å². The highest BCUT2D eigenvalue weighted by molar-refractivity contribution is 5.76. The van der Waals surface area contributed by atoms with Crippen molar-refractivity contribution in [3.8, 4) is 11.4 Å². The van der Waals surface area contributed by atoms with E-state index < -0.39 is 0 Å². The van der Waals surface area contributed by atoms with Crippen LogP contribution in [0.4, 0.5) is 0 Å². The number of para-hydroxylation sites is 2. The van der Waals surface area contributed by atoms with Gasteiger partial charge in [-0.3, -0.25) is 4.79 Å². The summed E-state index contributed by atoms with van der Waals surface area (Å²) >= 11 is 0. The summed E-state index contributed by atoms with van der Waals surface area (Å²) in [7, 11) is 1.65. The molecule has 1 heterocycles. The number of rotatable bonds is 7. The maximum absolute atomic E-state index is 12.5. The molecule has 2 aromatic carbocycles. The van der Waals surface area contributed by atoms with Gasteiger partial charge in [0.25, 0.3) is 0 Å². The second-order valence-electron chi connectivity index (χ2n) is 6.98. The number of hydrogen-bond acceptors (Lipinski definition) is 3. The van der Waals surface area contributed by atoms with E-state index in [9.17, 15) is 4.79 Å². The minimum Gasteiger partial charge on any atom is -0.496 e. The van der Waals surface area contributed by atoms with E-state index in [-0.39, 0.29) is 11.9 Å². The number of amides is 1. The van der Waals surface area contributed by atoms with Crippen molar-refractivity contribution in [1.29, 1.82) is 0 Å². The molecule has 0 saturated heterocycles. The lowest BCUT2D eigenvalue weighted by molar-refractivity contribution is -0.121. The lowest BCUT2D eigenvalue weighted by atomic mass is 10.1. The molecule has 146 valence electrons. The standard InChI is InChI=1S/C23H27N3O2/c1-16-9-5-7-11-21(16)26-18(3)20(15-24-26)17(2)25-23(27)14-13-19-10-6-8-12-22(19)28-4/h5-12,15,17H,13-14H2,1-4H3,(H,25,27)/t17-/m1/s1. The van der Waals surface area contributed by atoms with Crippen LogP contribution in [0.5, 0.6) is 5.75 Å². The summed E-state index contributed by atoms with van der Waals surface area (Å²) in [5.74, 6) is 0.833. The third-order valence-electron chi connectivity index (χ3n) is 5.05. The summed E-state index contributed by atoms with van der Waals surface area (Å²) < 4.78 is 7.29. The van der Waals surface area contributed by atoms with E-state index in [0.29, 0.717) is 12.8 Å². The van der Waals surface area contributed by atoms with Crippen molar-refractivity contribution >= 4 is 5.91 Å². The van der Waals surface area contributed by atoms with Gasteiger partial charge in [-0.05, 0) is 50.5 Å². The maximum atomic E-state index is 12.5. The number of nitrogens with zero attached hydrogens (tertiary/aromatic N) is 2. The number of benzene rings is 2. The van der Waals surface area contributed by atoms with Crippen molar-refractivity contribution < 1.29 is 9.53 Å². The summed E-state index contributed by atoms with van der Waals surface area (Å²) in [5.41, 5.74) is 5.31. The third kappa shape index (κ3) is 4.25. The molecule has 3 aromatic rings. The monoisotopic (exact) mass is 377 g/mol. The molecule has 0 unspecified atom stereocenters. The van der Waals surface area contributed by atoms with Crippen LogP contribution in [0, 0.1) is 13.8 Å². The molecule has 1 amide bonds. The number of nitrogens with one attached hydrogen (secondary N) is 1. The first-order valence-corrected chi connectivity index (χ1v) is 9.53. The number of aromatic nitrogens is 2. The second-order valence-corrected chi connectivity index (χ2v) is 6.98. The van der Waals surface area contributed by atoms with Gasteiger partial charge in [0.15, 0.2) is 0 Å². The summed E-state index contributed by atoms with van der Waals surface area (Å²) in [6, 6.07) is 15.8. The van der Waals surface area contributed by atoms with Gasteiger partial charge in [0.2, 0.25) is 5.91 Å². The van der Waals surface area contributed by atoms with E-state index >= 15 is 0 Å². The van der Waals surface area contributed by atoms with Gasteiger partial charge in [0.1, 0.15) is 5.75 Å². The van der Waals surface area contributed by atoms with Crippen molar-refractivity contribution in [1.82, 2.24) is 15.1 Å². The molecule has 1 N–H and O–H groups in total. The first kappa shape index (κ1) is 19.7. The number of methoxy groups -OCH3 is 1. The summed E-state index contributed by atoms with van der Waals surface area (Å²) in [6.07, 6.45) is 2.90. The van der Waals surface area contributed by atoms with Gasteiger partial charge in [0.05, 0.1) is 25.0 Å². The quantitative estimate of drug-likeness (QED) is 0.668. The van der Waals surface area contributed by atoms with Gasteiger partial charge in [-0.15, -0.1) is 0 Å². The van der Waals surface area contributed by atoms with Crippen LogP contribution in [0.25, 0.3) is 5.69 Å². The maximum Gasteiger partial charge on any atom is 0.220 e. The Balaban J connectivity index is 1.66. The number of ether oxygens (including phenoxy) is 1. The number of aryl methyl sites for hydroxylation is 2. The molecule has 5 heteroatoms. The first-order valence-electron chi connectivity index (χ1n) is 9.53. The smallest absolute Gasteiger partial charge is 0.220 e. The third-order valence-corrected chi connectivity index (χ3v) is 5.05. The summed E-state index contributed by atoms with van der Waals surface area (Å²) in [6.45, 7) is 6.10. The van der Waals surface area contributed by atoms with E-state index in [1.54, 1.807) is 7.11 Å². The van der Waals surface area contributed by atoms with E-state index in [2.05, 4.69) is 29.5 Å². The molecular formula is C23H27N3O2. The van der Waals surface area contributed by atoms with Crippen molar-refractivity contribution in [2.75, 3.05) is 7.11 Å².